The van der Waals surface area contributed by atoms with Gasteiger partial charge in [0.2, 0.25) is 0 Å². The zero-order valence-electron chi connectivity index (χ0n) is 19.6. The standard InChI is InChI=1S/C24H35N5O3/c1-5-19-18(16-27-29(19)20-12-8-11-15-25-20)21(30)26-17-24(13-9-6-7-10-14-24)28-22(31)32-23(2,3)4/h8,11-12,15-16H,5-7,9-10,13-14,17H2,1-4H3,(H,26,30)(H,28,31). The lowest BCUT2D eigenvalue weighted by Crippen LogP contribution is -2.56. The van der Waals surface area contributed by atoms with E-state index in [9.17, 15) is 9.59 Å². The molecule has 3 rings (SSSR count). The first-order chi connectivity index (χ1) is 15.2. The Morgan fingerprint density at radius 1 is 1.16 bits per heavy atom. The molecule has 174 valence electrons. The number of rotatable bonds is 6. The Morgan fingerprint density at radius 3 is 2.47 bits per heavy atom. The molecule has 2 amide bonds. The van der Waals surface area contributed by atoms with Crippen molar-refractivity contribution in [2.24, 2.45) is 0 Å². The highest BCUT2D eigenvalue weighted by molar-refractivity contribution is 5.95. The minimum absolute atomic E-state index is 0.196. The van der Waals surface area contributed by atoms with Crippen LogP contribution >= 0.6 is 0 Å². The van der Waals surface area contributed by atoms with Gasteiger partial charge in [-0.1, -0.05) is 38.7 Å². The zero-order chi connectivity index (χ0) is 23.2. The van der Waals surface area contributed by atoms with Gasteiger partial charge in [0.25, 0.3) is 5.91 Å². The van der Waals surface area contributed by atoms with Gasteiger partial charge in [0.1, 0.15) is 5.60 Å². The number of nitrogens with zero attached hydrogens (tertiary/aromatic N) is 3. The van der Waals surface area contributed by atoms with E-state index in [4.69, 9.17) is 4.74 Å². The Labute approximate surface area is 190 Å². The quantitative estimate of drug-likeness (QED) is 0.656. The summed E-state index contributed by atoms with van der Waals surface area (Å²) < 4.78 is 7.21. The van der Waals surface area contributed by atoms with E-state index in [1.807, 2.05) is 45.9 Å². The number of pyridine rings is 1. The largest absolute Gasteiger partial charge is 0.444 e. The topological polar surface area (TPSA) is 98.1 Å². The molecule has 0 aromatic carbocycles. The van der Waals surface area contributed by atoms with Gasteiger partial charge >= 0.3 is 6.09 Å². The van der Waals surface area contributed by atoms with Crippen LogP contribution in [0.2, 0.25) is 0 Å². The van der Waals surface area contributed by atoms with Crippen LogP contribution in [0.15, 0.2) is 30.6 Å². The van der Waals surface area contributed by atoms with Crippen LogP contribution in [0.1, 0.15) is 82.3 Å². The third-order valence-electron chi connectivity index (χ3n) is 5.73. The molecule has 1 fully saturated rings. The molecule has 2 N–H and O–H groups in total. The molecule has 2 aromatic heterocycles. The smallest absolute Gasteiger partial charge is 0.408 e. The molecule has 8 heteroatoms. The lowest BCUT2D eigenvalue weighted by molar-refractivity contribution is 0.0437. The molecule has 0 saturated heterocycles. The van der Waals surface area contributed by atoms with Crippen molar-refractivity contribution in [2.75, 3.05) is 6.54 Å². The van der Waals surface area contributed by atoms with Crippen molar-refractivity contribution < 1.29 is 14.3 Å². The van der Waals surface area contributed by atoms with Gasteiger partial charge < -0.3 is 15.4 Å². The SMILES string of the molecule is CCc1c(C(=O)NCC2(NC(=O)OC(C)(C)C)CCCCCC2)cnn1-c1ccccn1. The first kappa shape index (κ1) is 23.8. The Hall–Kier alpha value is -2.90. The van der Waals surface area contributed by atoms with Crippen molar-refractivity contribution >= 4 is 12.0 Å². The number of alkyl carbamates (subject to hydrolysis) is 1. The number of hydrogen-bond donors (Lipinski definition) is 2. The summed E-state index contributed by atoms with van der Waals surface area (Å²) in [6.07, 6.45) is 9.36. The zero-order valence-corrected chi connectivity index (χ0v) is 19.6. The summed E-state index contributed by atoms with van der Waals surface area (Å²) in [5.41, 5.74) is 0.239. The summed E-state index contributed by atoms with van der Waals surface area (Å²) in [4.78, 5) is 30.0. The van der Waals surface area contributed by atoms with Gasteiger partial charge in [-0.25, -0.2) is 14.5 Å². The minimum Gasteiger partial charge on any atom is -0.444 e. The van der Waals surface area contributed by atoms with Crippen LogP contribution in [0.4, 0.5) is 4.79 Å². The maximum absolute atomic E-state index is 13.1. The van der Waals surface area contributed by atoms with Crippen LogP contribution in [-0.4, -0.2) is 44.4 Å². The minimum atomic E-state index is -0.574. The van der Waals surface area contributed by atoms with Crippen LogP contribution in [0.5, 0.6) is 0 Å². The van der Waals surface area contributed by atoms with Crippen molar-refractivity contribution in [3.8, 4) is 5.82 Å². The van der Waals surface area contributed by atoms with Crippen LogP contribution in [0, 0.1) is 0 Å². The highest BCUT2D eigenvalue weighted by Crippen LogP contribution is 2.27. The third-order valence-corrected chi connectivity index (χ3v) is 5.73. The number of ether oxygens (including phenoxy) is 1. The summed E-state index contributed by atoms with van der Waals surface area (Å²) in [6.45, 7) is 7.88. The summed E-state index contributed by atoms with van der Waals surface area (Å²) >= 11 is 0. The number of carbonyl (C=O) groups is 2. The molecule has 2 heterocycles. The van der Waals surface area contributed by atoms with Gasteiger partial charge in [-0.3, -0.25) is 4.79 Å². The predicted molar refractivity (Wildman–Crippen MR) is 123 cm³/mol. The fourth-order valence-electron chi connectivity index (χ4n) is 4.20. The van der Waals surface area contributed by atoms with E-state index in [1.165, 1.54) is 0 Å². The average Bonchev–Trinajstić information content (AvgIpc) is 3.05. The number of amides is 2. The number of carbonyl (C=O) groups excluding carboxylic acids is 2. The molecule has 0 unspecified atom stereocenters. The van der Waals surface area contributed by atoms with E-state index in [-0.39, 0.29) is 5.91 Å². The van der Waals surface area contributed by atoms with Crippen molar-refractivity contribution in [2.45, 2.75) is 83.8 Å². The molecule has 8 nitrogen and oxygen atoms in total. The summed E-state index contributed by atoms with van der Waals surface area (Å²) in [5, 5.41) is 10.5. The molecule has 0 atom stereocenters. The normalized spacial score (nSPS) is 16.1. The second kappa shape index (κ2) is 10.1. The molecule has 0 spiro atoms. The van der Waals surface area contributed by atoms with Gasteiger partial charge in [0.15, 0.2) is 5.82 Å². The fraction of sp³-hybridized carbons (Fsp3) is 0.583. The summed E-state index contributed by atoms with van der Waals surface area (Å²) in [6, 6.07) is 5.59. The molecule has 2 aromatic rings. The van der Waals surface area contributed by atoms with E-state index in [0.29, 0.717) is 24.3 Å². The van der Waals surface area contributed by atoms with E-state index in [2.05, 4.69) is 20.7 Å². The molecule has 32 heavy (non-hydrogen) atoms. The van der Waals surface area contributed by atoms with Crippen molar-refractivity contribution in [3.05, 3.63) is 41.9 Å². The van der Waals surface area contributed by atoms with Crippen molar-refractivity contribution in [3.63, 3.8) is 0 Å². The molecular formula is C24H35N5O3. The molecule has 0 bridgehead atoms. The predicted octanol–water partition coefficient (Wildman–Crippen LogP) is 4.18. The van der Waals surface area contributed by atoms with Gasteiger partial charge in [-0.15, -0.1) is 0 Å². The highest BCUT2D eigenvalue weighted by Gasteiger charge is 2.35. The second-order valence-corrected chi connectivity index (χ2v) is 9.46. The van der Waals surface area contributed by atoms with E-state index < -0.39 is 17.2 Å². The van der Waals surface area contributed by atoms with Gasteiger partial charge in [-0.2, -0.15) is 5.10 Å². The molecule has 1 saturated carbocycles. The molecular weight excluding hydrogens is 406 g/mol. The van der Waals surface area contributed by atoms with Gasteiger partial charge in [0, 0.05) is 12.7 Å². The summed E-state index contributed by atoms with van der Waals surface area (Å²) in [5.74, 6) is 0.480. The summed E-state index contributed by atoms with van der Waals surface area (Å²) in [7, 11) is 0. The first-order valence-corrected chi connectivity index (χ1v) is 11.5. The third kappa shape index (κ3) is 6.08. The average molecular weight is 442 g/mol. The number of aromatic nitrogens is 3. The molecule has 1 aliphatic carbocycles. The Balaban J connectivity index is 1.75. The van der Waals surface area contributed by atoms with Gasteiger partial charge in [-0.05, 0) is 52.2 Å². The van der Waals surface area contributed by atoms with E-state index in [0.717, 1.165) is 44.2 Å². The molecule has 0 aliphatic heterocycles. The number of nitrogens with one attached hydrogen (secondary N) is 2. The van der Waals surface area contributed by atoms with Crippen molar-refractivity contribution in [1.29, 1.82) is 0 Å². The molecule has 1 aliphatic rings. The maximum Gasteiger partial charge on any atom is 0.408 e. The second-order valence-electron chi connectivity index (χ2n) is 9.46. The van der Waals surface area contributed by atoms with E-state index in [1.54, 1.807) is 17.1 Å². The van der Waals surface area contributed by atoms with Gasteiger partial charge in [0.05, 0.1) is 23.0 Å². The maximum atomic E-state index is 13.1. The highest BCUT2D eigenvalue weighted by atomic mass is 16.6. The Kier molecular flexibility index (Phi) is 7.53. The Bertz CT molecular complexity index is 909. The van der Waals surface area contributed by atoms with Crippen LogP contribution in [0.3, 0.4) is 0 Å². The fourth-order valence-corrected chi connectivity index (χ4v) is 4.20. The van der Waals surface area contributed by atoms with Crippen LogP contribution in [-0.2, 0) is 11.2 Å². The van der Waals surface area contributed by atoms with Crippen LogP contribution < -0.4 is 10.6 Å². The Morgan fingerprint density at radius 2 is 1.88 bits per heavy atom. The van der Waals surface area contributed by atoms with E-state index >= 15 is 0 Å². The molecule has 0 radical (unpaired) electrons. The first-order valence-electron chi connectivity index (χ1n) is 11.5. The van der Waals surface area contributed by atoms with Crippen molar-refractivity contribution in [1.82, 2.24) is 25.4 Å². The monoisotopic (exact) mass is 441 g/mol. The lowest BCUT2D eigenvalue weighted by atomic mass is 9.90. The van der Waals surface area contributed by atoms with Crippen LogP contribution in [0.25, 0.3) is 5.82 Å². The lowest BCUT2D eigenvalue weighted by Gasteiger charge is -2.35. The number of hydrogen-bond acceptors (Lipinski definition) is 5.